The Morgan fingerprint density at radius 2 is 0.761 bits per heavy atom. The van der Waals surface area contributed by atoms with Crippen molar-refractivity contribution in [2.75, 3.05) is 47.5 Å². The number of likely N-dealkylation sites (N-methyl/N-ethyl adjacent to an activating group) is 1. The summed E-state index contributed by atoms with van der Waals surface area (Å²) in [5, 5.41) is 11.7. The number of unbranched alkanes of at least 4 members (excludes halogenated alkanes) is 14. The first-order valence-corrected chi connectivity index (χ1v) is 27.7. The Kier molecular flexibility index (Phi) is 48.9. The van der Waals surface area contributed by atoms with Gasteiger partial charge in [0.15, 0.2) is 12.4 Å². The molecule has 0 aliphatic rings. The molecule has 9 heteroatoms. The van der Waals surface area contributed by atoms with E-state index in [1.807, 2.05) is 21.1 Å². The van der Waals surface area contributed by atoms with E-state index >= 15 is 0 Å². The maximum Gasteiger partial charge on any atom is 0.306 e. The number of nitrogens with zero attached hydrogens (tertiary/aromatic N) is 1. The molecule has 0 saturated heterocycles. The van der Waals surface area contributed by atoms with Crippen molar-refractivity contribution in [3.8, 4) is 0 Å². The Balaban J connectivity index is 4.22. The van der Waals surface area contributed by atoms with Crippen LogP contribution in [0.25, 0.3) is 0 Å². The zero-order chi connectivity index (χ0) is 52.0. The molecule has 9 nitrogen and oxygen atoms in total. The van der Waals surface area contributed by atoms with Crippen molar-refractivity contribution < 1.29 is 42.9 Å². The summed E-state index contributed by atoms with van der Waals surface area (Å²) in [5.41, 5.74) is 0. The van der Waals surface area contributed by atoms with Crippen LogP contribution in [-0.4, -0.2) is 82.3 Å². The van der Waals surface area contributed by atoms with Crippen molar-refractivity contribution in [3.05, 3.63) is 122 Å². The number of carbonyl (C=O) groups excluding carboxylic acids is 3. The maximum absolute atomic E-state index is 12.8. The first-order chi connectivity index (χ1) is 34.6. The van der Waals surface area contributed by atoms with Gasteiger partial charge >= 0.3 is 11.9 Å². The zero-order valence-electron chi connectivity index (χ0n) is 45.5. The van der Waals surface area contributed by atoms with Crippen LogP contribution in [0.1, 0.15) is 194 Å². The minimum Gasteiger partial charge on any atom is -0.545 e. The third-order valence-electron chi connectivity index (χ3n) is 11.2. The summed E-state index contributed by atoms with van der Waals surface area (Å²) in [5.74, 6) is -2.34. The summed E-state index contributed by atoms with van der Waals surface area (Å²) in [6.45, 7) is 4.45. The highest BCUT2D eigenvalue weighted by atomic mass is 16.7. The molecule has 0 aliphatic carbocycles. The number of rotatable bonds is 49. The van der Waals surface area contributed by atoms with Gasteiger partial charge in [-0.05, 0) is 103 Å². The summed E-state index contributed by atoms with van der Waals surface area (Å²) < 4.78 is 22.6. The molecule has 0 fully saturated rings. The largest absolute Gasteiger partial charge is 0.545 e. The van der Waals surface area contributed by atoms with Gasteiger partial charge in [-0.15, -0.1) is 0 Å². The Labute approximate surface area is 434 Å². The molecule has 2 atom stereocenters. The molecule has 0 amide bonds. The quantitative estimate of drug-likeness (QED) is 0.0195. The van der Waals surface area contributed by atoms with E-state index in [1.165, 1.54) is 44.9 Å². The van der Waals surface area contributed by atoms with Crippen LogP contribution in [0.5, 0.6) is 0 Å². The number of carboxylic acids is 1. The van der Waals surface area contributed by atoms with Crippen molar-refractivity contribution in [3.63, 3.8) is 0 Å². The lowest BCUT2D eigenvalue weighted by atomic mass is 10.0. The number of carbonyl (C=O) groups is 3. The molecule has 0 spiro atoms. The molecule has 0 aromatic heterocycles. The minimum atomic E-state index is -1.63. The van der Waals surface area contributed by atoms with Crippen molar-refractivity contribution in [2.45, 2.75) is 206 Å². The molecular formula is C62H101NO8. The Hall–Kier alpha value is -4.31. The highest BCUT2D eigenvalue weighted by Gasteiger charge is 2.22. The van der Waals surface area contributed by atoms with Crippen LogP contribution in [0.15, 0.2) is 122 Å². The fraction of sp³-hybridized carbons (Fsp3) is 0.629. The van der Waals surface area contributed by atoms with Gasteiger partial charge < -0.3 is 33.3 Å². The average molecular weight is 988 g/mol. The van der Waals surface area contributed by atoms with Gasteiger partial charge in [-0.2, -0.15) is 0 Å². The second-order valence-electron chi connectivity index (χ2n) is 19.1. The molecular weight excluding hydrogens is 887 g/mol. The van der Waals surface area contributed by atoms with Crippen LogP contribution in [0.3, 0.4) is 0 Å². The number of aliphatic carboxylic acids is 1. The van der Waals surface area contributed by atoms with Crippen LogP contribution in [-0.2, 0) is 33.3 Å². The molecule has 0 N–H and O–H groups in total. The molecule has 0 aromatic carbocycles. The fourth-order valence-electron chi connectivity index (χ4n) is 7.00. The monoisotopic (exact) mass is 988 g/mol. The molecule has 2 unspecified atom stereocenters. The molecule has 402 valence electrons. The van der Waals surface area contributed by atoms with Gasteiger partial charge in [-0.25, -0.2) is 0 Å². The van der Waals surface area contributed by atoms with Gasteiger partial charge in [-0.3, -0.25) is 9.59 Å². The third kappa shape index (κ3) is 53.3. The van der Waals surface area contributed by atoms with Gasteiger partial charge in [0, 0.05) is 12.8 Å². The summed E-state index contributed by atoms with van der Waals surface area (Å²) >= 11 is 0. The molecule has 0 saturated carbocycles. The predicted octanol–water partition coefficient (Wildman–Crippen LogP) is 14.8. The van der Waals surface area contributed by atoms with Crippen LogP contribution in [0.4, 0.5) is 0 Å². The number of allylic oxidation sites excluding steroid dienone is 20. The molecule has 0 bridgehead atoms. The Bertz CT molecular complexity index is 1570. The summed E-state index contributed by atoms with van der Waals surface area (Å²) in [6, 6.07) is 0. The van der Waals surface area contributed by atoms with E-state index in [4.69, 9.17) is 18.9 Å². The molecule has 0 aliphatic heterocycles. The van der Waals surface area contributed by atoms with Crippen molar-refractivity contribution in [1.82, 2.24) is 0 Å². The Morgan fingerprint density at radius 3 is 1.14 bits per heavy atom. The van der Waals surface area contributed by atoms with E-state index in [2.05, 4.69) is 135 Å². The molecule has 0 aromatic rings. The van der Waals surface area contributed by atoms with Gasteiger partial charge in [0.25, 0.3) is 0 Å². The van der Waals surface area contributed by atoms with Crippen LogP contribution in [0, 0.1) is 0 Å². The number of quaternary nitrogens is 1. The lowest BCUT2D eigenvalue weighted by Gasteiger charge is -2.26. The maximum atomic E-state index is 12.8. The Morgan fingerprint density at radius 1 is 0.423 bits per heavy atom. The zero-order valence-corrected chi connectivity index (χ0v) is 45.5. The first kappa shape index (κ1) is 66.7. The fourth-order valence-corrected chi connectivity index (χ4v) is 7.00. The number of ether oxygens (including phenoxy) is 4. The first-order valence-electron chi connectivity index (χ1n) is 27.7. The van der Waals surface area contributed by atoms with E-state index in [-0.39, 0.29) is 32.7 Å². The van der Waals surface area contributed by atoms with Crippen LogP contribution >= 0.6 is 0 Å². The second-order valence-corrected chi connectivity index (χ2v) is 19.1. The molecule has 71 heavy (non-hydrogen) atoms. The van der Waals surface area contributed by atoms with E-state index in [1.54, 1.807) is 0 Å². The number of esters is 2. The highest BCUT2D eigenvalue weighted by molar-refractivity contribution is 5.70. The summed E-state index contributed by atoms with van der Waals surface area (Å²) in [7, 11) is 5.90. The minimum absolute atomic E-state index is 0.136. The highest BCUT2D eigenvalue weighted by Crippen LogP contribution is 2.14. The standard InChI is InChI=1S/C62H101NO8/c1-6-8-10-12-14-16-18-20-21-22-23-24-25-26-27-28-29-30-31-32-33-34-35-36-37-38-39-41-43-45-47-49-51-53-60(65)71-58(57-70-62(61(66)67)68-55-54-63(3,4)5)56-69-59(64)52-50-48-46-44-42-40-19-17-15-13-11-9-7-2/h8-11,14-17,20-21,23-24,26-27,29-30,32-33,40,42,58,62H,6-7,12-13,18-19,22,25,28,31,34-39,41,43-57H2,1-5H3/b10-8-,11-9-,16-14-,17-15-,21-20-,24-23-,27-26-,30-29-,33-32-,42-40-. The van der Waals surface area contributed by atoms with Crippen molar-refractivity contribution in [1.29, 1.82) is 0 Å². The second kappa shape index (κ2) is 52.0. The summed E-state index contributed by atoms with van der Waals surface area (Å²) in [4.78, 5) is 37.1. The normalized spacial score (nSPS) is 13.8. The van der Waals surface area contributed by atoms with E-state index < -0.39 is 30.3 Å². The van der Waals surface area contributed by atoms with E-state index in [0.717, 1.165) is 109 Å². The molecule has 0 radical (unpaired) electrons. The van der Waals surface area contributed by atoms with Crippen molar-refractivity contribution in [2.24, 2.45) is 0 Å². The lowest BCUT2D eigenvalue weighted by Crippen LogP contribution is -2.44. The third-order valence-corrected chi connectivity index (χ3v) is 11.2. The van der Waals surface area contributed by atoms with Crippen LogP contribution < -0.4 is 5.11 Å². The number of hydrogen-bond acceptors (Lipinski definition) is 8. The SMILES string of the molecule is CC/C=C\C/C=C\C/C=C\C/C=C\C/C=C\C/C=C\C/C=C\CCCCCCCCCCCCCC(=O)OC(COC(=O)CCCCC/C=C\C/C=C\C/C=C\CC)COC(OCC[N+](C)(C)C)C(=O)[O-]. The van der Waals surface area contributed by atoms with Gasteiger partial charge in [0.2, 0.25) is 0 Å². The molecule has 0 rings (SSSR count). The summed E-state index contributed by atoms with van der Waals surface area (Å²) in [6.07, 6.45) is 69.7. The van der Waals surface area contributed by atoms with Crippen LogP contribution in [0.2, 0.25) is 0 Å². The average Bonchev–Trinajstić information content (AvgIpc) is 3.34. The van der Waals surface area contributed by atoms with E-state index in [0.29, 0.717) is 23.9 Å². The predicted molar refractivity (Wildman–Crippen MR) is 296 cm³/mol. The van der Waals surface area contributed by atoms with Gasteiger partial charge in [0.1, 0.15) is 13.2 Å². The lowest BCUT2D eigenvalue weighted by molar-refractivity contribution is -0.870. The number of carboxylic acid groups (broad SMARTS) is 1. The van der Waals surface area contributed by atoms with E-state index in [9.17, 15) is 19.5 Å². The van der Waals surface area contributed by atoms with Crippen molar-refractivity contribution >= 4 is 17.9 Å². The topological polar surface area (TPSA) is 111 Å². The smallest absolute Gasteiger partial charge is 0.306 e. The van der Waals surface area contributed by atoms with Gasteiger partial charge in [0.05, 0.1) is 40.3 Å². The molecule has 0 heterocycles. The number of hydrogen-bond donors (Lipinski definition) is 0. The van der Waals surface area contributed by atoms with Gasteiger partial charge in [-0.1, -0.05) is 200 Å².